The zero-order valence-electron chi connectivity index (χ0n) is 16.8. The van der Waals surface area contributed by atoms with Crippen LogP contribution in [0.3, 0.4) is 0 Å². The van der Waals surface area contributed by atoms with E-state index in [-0.39, 0.29) is 29.9 Å². The molecule has 0 bridgehead atoms. The lowest BCUT2D eigenvalue weighted by Gasteiger charge is -2.25. The molecule has 1 aliphatic heterocycles. The van der Waals surface area contributed by atoms with Gasteiger partial charge in [-0.05, 0) is 49.8 Å². The molecule has 1 aromatic carbocycles. The molecule has 3 rings (SSSR count). The van der Waals surface area contributed by atoms with Crippen LogP contribution in [0.1, 0.15) is 56.9 Å². The van der Waals surface area contributed by atoms with Gasteiger partial charge in [-0.3, -0.25) is 9.59 Å². The van der Waals surface area contributed by atoms with Crippen molar-refractivity contribution in [3.05, 3.63) is 29.8 Å². The third-order valence-electron chi connectivity index (χ3n) is 5.58. The maximum atomic E-state index is 12.7. The lowest BCUT2D eigenvalue weighted by atomic mass is 10.1. The smallest absolute Gasteiger partial charge is 0.306 e. The van der Waals surface area contributed by atoms with Crippen LogP contribution in [0.2, 0.25) is 0 Å². The number of benzene rings is 1. The third-order valence-corrected chi connectivity index (χ3v) is 7.49. The molecule has 0 atom stereocenters. The Kier molecular flexibility index (Phi) is 7.66. The Bertz CT molecular complexity index is 795. The van der Waals surface area contributed by atoms with Gasteiger partial charge in [0.1, 0.15) is 0 Å². The summed E-state index contributed by atoms with van der Waals surface area (Å²) in [6, 6.07) is 6.87. The second kappa shape index (κ2) is 10.2. The van der Waals surface area contributed by atoms with Crippen molar-refractivity contribution in [2.45, 2.75) is 68.7 Å². The first kappa shape index (κ1) is 21.8. The fourth-order valence-corrected chi connectivity index (χ4v) is 5.40. The fraction of sp³-hybridized carbons (Fsp3) is 0.619. The summed E-state index contributed by atoms with van der Waals surface area (Å²) in [6.07, 6.45) is 7.69. The number of nitrogens with zero attached hydrogens (tertiary/aromatic N) is 1. The van der Waals surface area contributed by atoms with Crippen molar-refractivity contribution >= 4 is 21.9 Å². The van der Waals surface area contributed by atoms with E-state index in [1.165, 1.54) is 0 Å². The Balaban J connectivity index is 1.42. The SMILES string of the molecule is O=C(COC(=O)CCc1ccc(S(=O)(=O)N2CCCCC2)cc1)NC1CCCC1. The van der Waals surface area contributed by atoms with E-state index in [1.54, 1.807) is 28.6 Å². The van der Waals surface area contributed by atoms with Gasteiger partial charge in [0.2, 0.25) is 10.0 Å². The van der Waals surface area contributed by atoms with Gasteiger partial charge in [0.05, 0.1) is 4.90 Å². The molecule has 1 saturated heterocycles. The minimum atomic E-state index is -3.44. The van der Waals surface area contributed by atoms with Crippen LogP contribution >= 0.6 is 0 Å². The van der Waals surface area contributed by atoms with E-state index in [0.29, 0.717) is 19.5 Å². The zero-order chi connectivity index (χ0) is 20.7. The molecule has 1 saturated carbocycles. The molecule has 2 fully saturated rings. The van der Waals surface area contributed by atoms with E-state index in [9.17, 15) is 18.0 Å². The highest BCUT2D eigenvalue weighted by Crippen LogP contribution is 2.21. The topological polar surface area (TPSA) is 92.8 Å². The van der Waals surface area contributed by atoms with Gasteiger partial charge >= 0.3 is 5.97 Å². The fourth-order valence-electron chi connectivity index (χ4n) is 3.89. The van der Waals surface area contributed by atoms with Crippen LogP contribution < -0.4 is 5.32 Å². The average Bonchev–Trinajstić information content (AvgIpc) is 3.24. The number of carbonyl (C=O) groups is 2. The molecule has 1 N–H and O–H groups in total. The minimum absolute atomic E-state index is 0.148. The Morgan fingerprint density at radius 1 is 1.00 bits per heavy atom. The molecule has 2 aliphatic rings. The average molecular weight is 423 g/mol. The van der Waals surface area contributed by atoms with Crippen LogP contribution in [0.25, 0.3) is 0 Å². The summed E-state index contributed by atoms with van der Waals surface area (Å²) >= 11 is 0. The Hall–Kier alpha value is -1.93. The van der Waals surface area contributed by atoms with Gasteiger partial charge in [-0.15, -0.1) is 0 Å². The van der Waals surface area contributed by atoms with Crippen molar-refractivity contribution in [2.24, 2.45) is 0 Å². The zero-order valence-corrected chi connectivity index (χ0v) is 17.6. The maximum absolute atomic E-state index is 12.7. The Morgan fingerprint density at radius 2 is 1.66 bits per heavy atom. The first-order valence-electron chi connectivity index (χ1n) is 10.5. The number of sulfonamides is 1. The predicted octanol–water partition coefficient (Wildman–Crippen LogP) is 2.40. The molecule has 0 unspecified atom stereocenters. The number of aryl methyl sites for hydroxylation is 1. The van der Waals surface area contributed by atoms with E-state index in [1.807, 2.05) is 0 Å². The standard InChI is InChI=1S/C21H30N2O5S/c24-20(22-18-6-2-3-7-18)16-28-21(25)13-10-17-8-11-19(12-9-17)29(26,27)23-14-4-1-5-15-23/h8-9,11-12,18H,1-7,10,13-16H2,(H,22,24). The highest BCUT2D eigenvalue weighted by molar-refractivity contribution is 7.89. The molecule has 0 aromatic heterocycles. The van der Waals surface area contributed by atoms with Crippen LogP contribution in [0.4, 0.5) is 0 Å². The monoisotopic (exact) mass is 422 g/mol. The number of ether oxygens (including phenoxy) is 1. The third kappa shape index (κ3) is 6.27. The molecule has 0 radical (unpaired) electrons. The van der Waals surface area contributed by atoms with Crippen LogP contribution in [0.5, 0.6) is 0 Å². The van der Waals surface area contributed by atoms with E-state index >= 15 is 0 Å². The van der Waals surface area contributed by atoms with Crippen molar-refractivity contribution in [2.75, 3.05) is 19.7 Å². The van der Waals surface area contributed by atoms with Gasteiger partial charge in [-0.1, -0.05) is 31.4 Å². The van der Waals surface area contributed by atoms with Crippen molar-refractivity contribution in [3.63, 3.8) is 0 Å². The summed E-state index contributed by atoms with van der Waals surface area (Å²) < 4.78 is 31.9. The lowest BCUT2D eigenvalue weighted by molar-refractivity contribution is -0.148. The summed E-state index contributed by atoms with van der Waals surface area (Å²) in [5.74, 6) is -0.686. The summed E-state index contributed by atoms with van der Waals surface area (Å²) in [5, 5.41) is 2.88. The van der Waals surface area contributed by atoms with Crippen LogP contribution in [0, 0.1) is 0 Å². The van der Waals surface area contributed by atoms with Crippen molar-refractivity contribution in [1.82, 2.24) is 9.62 Å². The van der Waals surface area contributed by atoms with Gasteiger partial charge in [0.15, 0.2) is 6.61 Å². The van der Waals surface area contributed by atoms with E-state index in [2.05, 4.69) is 5.32 Å². The number of piperidine rings is 1. The molecule has 160 valence electrons. The molecule has 0 spiro atoms. The molecule has 8 heteroatoms. The summed E-state index contributed by atoms with van der Waals surface area (Å²) in [4.78, 5) is 24.0. The highest BCUT2D eigenvalue weighted by atomic mass is 32.2. The number of rotatable bonds is 8. The maximum Gasteiger partial charge on any atom is 0.306 e. The predicted molar refractivity (Wildman–Crippen MR) is 109 cm³/mol. The molecule has 29 heavy (non-hydrogen) atoms. The number of nitrogens with one attached hydrogen (secondary N) is 1. The van der Waals surface area contributed by atoms with Crippen molar-refractivity contribution < 1.29 is 22.7 Å². The molecule has 7 nitrogen and oxygen atoms in total. The second-order valence-electron chi connectivity index (χ2n) is 7.82. The highest BCUT2D eigenvalue weighted by Gasteiger charge is 2.25. The van der Waals surface area contributed by atoms with E-state index in [0.717, 1.165) is 50.5 Å². The van der Waals surface area contributed by atoms with Crippen molar-refractivity contribution in [1.29, 1.82) is 0 Å². The van der Waals surface area contributed by atoms with Gasteiger partial charge in [0, 0.05) is 25.6 Å². The number of esters is 1. The quantitative estimate of drug-likeness (QED) is 0.650. The van der Waals surface area contributed by atoms with E-state index < -0.39 is 16.0 Å². The van der Waals surface area contributed by atoms with Gasteiger partial charge in [-0.2, -0.15) is 4.31 Å². The number of hydrogen-bond acceptors (Lipinski definition) is 5. The Labute approximate surface area is 172 Å². The first-order chi connectivity index (χ1) is 13.9. The Morgan fingerprint density at radius 3 is 2.31 bits per heavy atom. The van der Waals surface area contributed by atoms with Gasteiger partial charge < -0.3 is 10.1 Å². The summed E-state index contributed by atoms with van der Waals surface area (Å²) in [5.41, 5.74) is 0.856. The number of amides is 1. The molecule has 1 aromatic rings. The molecular formula is C21H30N2O5S. The number of hydrogen-bond donors (Lipinski definition) is 1. The minimum Gasteiger partial charge on any atom is -0.456 e. The molecule has 1 amide bonds. The second-order valence-corrected chi connectivity index (χ2v) is 9.76. The van der Waals surface area contributed by atoms with Crippen LogP contribution in [-0.2, 0) is 30.8 Å². The van der Waals surface area contributed by atoms with Crippen LogP contribution in [-0.4, -0.2) is 50.3 Å². The lowest BCUT2D eigenvalue weighted by Crippen LogP contribution is -2.35. The van der Waals surface area contributed by atoms with Gasteiger partial charge in [0.25, 0.3) is 5.91 Å². The van der Waals surface area contributed by atoms with Crippen molar-refractivity contribution in [3.8, 4) is 0 Å². The van der Waals surface area contributed by atoms with Gasteiger partial charge in [-0.25, -0.2) is 8.42 Å². The van der Waals surface area contributed by atoms with E-state index in [4.69, 9.17) is 4.74 Å². The molecular weight excluding hydrogens is 392 g/mol. The first-order valence-corrected chi connectivity index (χ1v) is 11.9. The largest absolute Gasteiger partial charge is 0.456 e. The molecule has 1 heterocycles. The summed E-state index contributed by atoms with van der Waals surface area (Å²) in [6.45, 7) is 0.900. The normalized spacial score (nSPS) is 18.5. The number of carbonyl (C=O) groups excluding carboxylic acids is 2. The molecule has 1 aliphatic carbocycles. The summed E-state index contributed by atoms with van der Waals surface area (Å²) in [7, 11) is -3.44. The van der Waals surface area contributed by atoms with Crippen LogP contribution in [0.15, 0.2) is 29.2 Å².